The summed E-state index contributed by atoms with van der Waals surface area (Å²) >= 11 is 0. The Morgan fingerprint density at radius 1 is 1.21 bits per heavy atom. The first-order valence-corrected chi connectivity index (χ1v) is 9.66. The molecule has 0 spiro atoms. The molecule has 33 heavy (non-hydrogen) atoms. The highest BCUT2D eigenvalue weighted by Gasteiger charge is 2.35. The number of nitrogens with zero attached hydrogens (tertiary/aromatic N) is 1. The lowest BCUT2D eigenvalue weighted by molar-refractivity contribution is -0.144. The van der Waals surface area contributed by atoms with Crippen molar-refractivity contribution in [1.82, 2.24) is 10.2 Å². The normalized spacial score (nSPS) is 15.2. The smallest absolute Gasteiger partial charge is 0.344 e. The van der Waals surface area contributed by atoms with Gasteiger partial charge in [0.15, 0.2) is 17.6 Å². The van der Waals surface area contributed by atoms with Crippen LogP contribution in [0.1, 0.15) is 12.5 Å². The standard InChI is InChI=1S/C22H20FN3O7/c1-12(21(29)30)33-17-8-7-13(10-18(17)32-2)9-16-20(28)26(22(31)25-16)11-19(27)24-15-6-4-3-5-14(15)23/h3-10,12H,11H2,1-2H3,(H,24,27)(H,25,31)(H,29,30)/b16-9-/t12-/m1/s1. The number of carbonyl (C=O) groups excluding carboxylic acids is 3. The number of urea groups is 1. The summed E-state index contributed by atoms with van der Waals surface area (Å²) < 4.78 is 24.2. The third-order valence-electron chi connectivity index (χ3n) is 4.56. The van der Waals surface area contributed by atoms with E-state index in [0.29, 0.717) is 10.5 Å². The zero-order valence-corrected chi connectivity index (χ0v) is 17.6. The number of methoxy groups -OCH3 is 1. The van der Waals surface area contributed by atoms with Crippen molar-refractivity contribution in [2.24, 2.45) is 0 Å². The summed E-state index contributed by atoms with van der Waals surface area (Å²) in [5.41, 5.74) is 0.286. The average Bonchev–Trinajstić information content (AvgIpc) is 3.03. The van der Waals surface area contributed by atoms with Crippen molar-refractivity contribution in [1.29, 1.82) is 0 Å². The molecule has 10 nitrogen and oxygen atoms in total. The first kappa shape index (κ1) is 23.3. The summed E-state index contributed by atoms with van der Waals surface area (Å²) in [5.74, 6) is -2.90. The number of carbonyl (C=O) groups is 4. The summed E-state index contributed by atoms with van der Waals surface area (Å²) in [7, 11) is 1.36. The quantitative estimate of drug-likeness (QED) is 0.409. The van der Waals surface area contributed by atoms with E-state index in [-0.39, 0.29) is 22.9 Å². The molecule has 3 N–H and O–H groups in total. The Morgan fingerprint density at radius 3 is 2.61 bits per heavy atom. The highest BCUT2D eigenvalue weighted by atomic mass is 19.1. The van der Waals surface area contributed by atoms with Crippen molar-refractivity contribution in [3.05, 3.63) is 59.5 Å². The third-order valence-corrected chi connectivity index (χ3v) is 4.56. The Kier molecular flexibility index (Phi) is 6.91. The fourth-order valence-electron chi connectivity index (χ4n) is 2.89. The van der Waals surface area contributed by atoms with E-state index in [1.807, 2.05) is 0 Å². The maximum Gasteiger partial charge on any atom is 0.344 e. The topological polar surface area (TPSA) is 134 Å². The van der Waals surface area contributed by atoms with Crippen molar-refractivity contribution in [2.75, 3.05) is 19.0 Å². The molecule has 2 aromatic rings. The third kappa shape index (κ3) is 5.45. The minimum absolute atomic E-state index is 0.0723. The van der Waals surface area contributed by atoms with E-state index < -0.39 is 42.3 Å². The van der Waals surface area contributed by atoms with Crippen molar-refractivity contribution in [3.63, 3.8) is 0 Å². The molecule has 0 aromatic heterocycles. The Bertz CT molecular complexity index is 1150. The van der Waals surface area contributed by atoms with Crippen molar-refractivity contribution in [2.45, 2.75) is 13.0 Å². The lowest BCUT2D eigenvalue weighted by atomic mass is 10.1. The average molecular weight is 457 g/mol. The van der Waals surface area contributed by atoms with Gasteiger partial charge >= 0.3 is 12.0 Å². The molecular weight excluding hydrogens is 437 g/mol. The molecule has 0 aliphatic carbocycles. The summed E-state index contributed by atoms with van der Waals surface area (Å²) in [6.45, 7) is 0.751. The van der Waals surface area contributed by atoms with E-state index in [1.165, 1.54) is 56.5 Å². The Hall–Kier alpha value is -4.41. The molecule has 3 rings (SSSR count). The van der Waals surface area contributed by atoms with E-state index in [9.17, 15) is 23.6 Å². The van der Waals surface area contributed by atoms with E-state index in [4.69, 9.17) is 14.6 Å². The summed E-state index contributed by atoms with van der Waals surface area (Å²) in [6, 6.07) is 9.18. The minimum Gasteiger partial charge on any atom is -0.493 e. The van der Waals surface area contributed by atoms with Gasteiger partial charge in [0, 0.05) is 0 Å². The number of para-hydroxylation sites is 1. The predicted molar refractivity (Wildman–Crippen MR) is 114 cm³/mol. The number of carboxylic acid groups (broad SMARTS) is 1. The van der Waals surface area contributed by atoms with E-state index >= 15 is 0 Å². The van der Waals surface area contributed by atoms with Crippen LogP contribution in [0.25, 0.3) is 6.08 Å². The molecule has 0 radical (unpaired) electrons. The van der Waals surface area contributed by atoms with Gasteiger partial charge in [-0.15, -0.1) is 0 Å². The van der Waals surface area contributed by atoms with Gasteiger partial charge < -0.3 is 25.2 Å². The lowest BCUT2D eigenvalue weighted by Gasteiger charge is -2.14. The van der Waals surface area contributed by atoms with E-state index in [1.54, 1.807) is 0 Å². The molecule has 1 saturated heterocycles. The lowest BCUT2D eigenvalue weighted by Crippen LogP contribution is -2.38. The molecular formula is C22H20FN3O7. The zero-order chi connectivity index (χ0) is 24.1. The first-order valence-electron chi connectivity index (χ1n) is 9.66. The molecule has 1 aliphatic heterocycles. The number of carboxylic acids is 1. The Balaban J connectivity index is 1.73. The molecule has 172 valence electrons. The van der Waals surface area contributed by atoms with Crippen LogP contribution in [-0.2, 0) is 14.4 Å². The van der Waals surface area contributed by atoms with Gasteiger partial charge in [0.2, 0.25) is 5.91 Å². The van der Waals surface area contributed by atoms with Crippen LogP contribution in [0, 0.1) is 5.82 Å². The number of amides is 4. The molecule has 0 saturated carbocycles. The maximum atomic E-state index is 13.7. The number of halogens is 1. The van der Waals surface area contributed by atoms with E-state index in [0.717, 1.165) is 6.07 Å². The molecule has 2 aromatic carbocycles. The number of benzene rings is 2. The molecule has 1 aliphatic rings. The van der Waals surface area contributed by atoms with Crippen molar-refractivity contribution >= 4 is 35.6 Å². The largest absolute Gasteiger partial charge is 0.493 e. The van der Waals surface area contributed by atoms with Gasteiger partial charge in [0.05, 0.1) is 12.8 Å². The van der Waals surface area contributed by atoms with Crippen LogP contribution in [-0.4, -0.2) is 53.6 Å². The van der Waals surface area contributed by atoms with Crippen LogP contribution < -0.4 is 20.1 Å². The van der Waals surface area contributed by atoms with Gasteiger partial charge in [0.25, 0.3) is 5.91 Å². The Labute approximate surface area is 187 Å². The van der Waals surface area contributed by atoms with Crippen LogP contribution in [0.2, 0.25) is 0 Å². The molecule has 11 heteroatoms. The number of aliphatic carboxylic acids is 1. The number of anilines is 1. The van der Waals surface area contributed by atoms with Gasteiger partial charge in [0.1, 0.15) is 18.1 Å². The van der Waals surface area contributed by atoms with Crippen molar-refractivity contribution < 1.29 is 38.1 Å². The second-order valence-electron chi connectivity index (χ2n) is 6.92. The van der Waals surface area contributed by atoms with Gasteiger partial charge in [-0.25, -0.2) is 18.9 Å². The van der Waals surface area contributed by atoms with Gasteiger partial charge in [-0.3, -0.25) is 9.59 Å². The number of rotatable bonds is 8. The van der Waals surface area contributed by atoms with Crippen LogP contribution in [0.15, 0.2) is 48.2 Å². The molecule has 1 fully saturated rings. The SMILES string of the molecule is COc1cc(/C=C2\NC(=O)N(CC(=O)Nc3ccccc3F)C2=O)ccc1O[C@H](C)C(=O)O. The number of nitrogens with one attached hydrogen (secondary N) is 2. The zero-order valence-electron chi connectivity index (χ0n) is 17.6. The summed E-state index contributed by atoms with van der Waals surface area (Å²) in [4.78, 5) is 48.7. The van der Waals surface area contributed by atoms with Gasteiger partial charge in [-0.1, -0.05) is 18.2 Å². The van der Waals surface area contributed by atoms with Gasteiger partial charge in [-0.05, 0) is 42.8 Å². The molecule has 1 atom stereocenters. The summed E-state index contributed by atoms with van der Waals surface area (Å²) in [6.07, 6.45) is 0.255. The number of imide groups is 1. The number of ether oxygens (including phenoxy) is 2. The van der Waals surface area contributed by atoms with Crippen molar-refractivity contribution in [3.8, 4) is 11.5 Å². The molecule has 1 heterocycles. The van der Waals surface area contributed by atoms with Crippen LogP contribution >= 0.6 is 0 Å². The highest BCUT2D eigenvalue weighted by molar-refractivity contribution is 6.16. The van der Waals surface area contributed by atoms with Crippen LogP contribution in [0.5, 0.6) is 11.5 Å². The molecule has 0 bridgehead atoms. The van der Waals surface area contributed by atoms with Crippen LogP contribution in [0.4, 0.5) is 14.9 Å². The number of hydrogen-bond acceptors (Lipinski definition) is 6. The van der Waals surface area contributed by atoms with Gasteiger partial charge in [-0.2, -0.15) is 0 Å². The first-order chi connectivity index (χ1) is 15.7. The number of hydrogen-bond donors (Lipinski definition) is 3. The fraction of sp³-hybridized carbons (Fsp3) is 0.182. The molecule has 4 amide bonds. The molecule has 0 unspecified atom stereocenters. The van der Waals surface area contributed by atoms with E-state index in [2.05, 4.69) is 10.6 Å². The highest BCUT2D eigenvalue weighted by Crippen LogP contribution is 2.30. The summed E-state index contributed by atoms with van der Waals surface area (Å²) in [5, 5.41) is 13.7. The van der Waals surface area contributed by atoms with Crippen LogP contribution in [0.3, 0.4) is 0 Å². The fourth-order valence-corrected chi connectivity index (χ4v) is 2.89. The Morgan fingerprint density at radius 2 is 1.94 bits per heavy atom. The second kappa shape index (κ2) is 9.81. The maximum absolute atomic E-state index is 13.7. The predicted octanol–water partition coefficient (Wildman–Crippen LogP) is 2.22. The monoisotopic (exact) mass is 457 g/mol. The second-order valence-corrected chi connectivity index (χ2v) is 6.92. The minimum atomic E-state index is -1.15.